The van der Waals surface area contributed by atoms with E-state index < -0.39 is 0 Å². The van der Waals surface area contributed by atoms with Crippen molar-refractivity contribution in [2.24, 2.45) is 0 Å². The fourth-order valence-electron chi connectivity index (χ4n) is 2.30. The standard InChI is InChI=1S/C13H18BrNO/c1-16-9-10-4-2-6-13(14)12(10)8-11-5-3-7-15-11/h2,4,6,11,15H,3,5,7-9H2,1H3. The first-order chi connectivity index (χ1) is 7.81. The van der Waals surface area contributed by atoms with E-state index in [1.54, 1.807) is 7.11 Å². The second kappa shape index (κ2) is 5.80. The highest BCUT2D eigenvalue weighted by Gasteiger charge is 2.17. The van der Waals surface area contributed by atoms with Gasteiger partial charge in [-0.15, -0.1) is 0 Å². The predicted octanol–water partition coefficient (Wildman–Crippen LogP) is 2.89. The summed E-state index contributed by atoms with van der Waals surface area (Å²) in [7, 11) is 1.75. The van der Waals surface area contributed by atoms with Gasteiger partial charge in [0.2, 0.25) is 0 Å². The van der Waals surface area contributed by atoms with Crippen LogP contribution in [-0.2, 0) is 17.8 Å². The van der Waals surface area contributed by atoms with Gasteiger partial charge in [-0.1, -0.05) is 28.1 Å². The second-order valence-corrected chi connectivity index (χ2v) is 5.16. The molecule has 0 bridgehead atoms. The van der Waals surface area contributed by atoms with Gasteiger partial charge in [-0.2, -0.15) is 0 Å². The number of benzene rings is 1. The van der Waals surface area contributed by atoms with Gasteiger partial charge in [0, 0.05) is 17.6 Å². The maximum absolute atomic E-state index is 5.25. The van der Waals surface area contributed by atoms with E-state index in [2.05, 4.69) is 39.4 Å². The van der Waals surface area contributed by atoms with Crippen molar-refractivity contribution in [3.8, 4) is 0 Å². The van der Waals surface area contributed by atoms with Gasteiger partial charge in [-0.25, -0.2) is 0 Å². The Morgan fingerprint density at radius 2 is 2.38 bits per heavy atom. The van der Waals surface area contributed by atoms with E-state index in [1.807, 2.05) is 0 Å². The lowest BCUT2D eigenvalue weighted by molar-refractivity contribution is 0.184. The van der Waals surface area contributed by atoms with Crippen LogP contribution in [0.15, 0.2) is 22.7 Å². The Morgan fingerprint density at radius 1 is 1.50 bits per heavy atom. The van der Waals surface area contributed by atoms with Gasteiger partial charge < -0.3 is 10.1 Å². The van der Waals surface area contributed by atoms with Crippen molar-refractivity contribution in [3.63, 3.8) is 0 Å². The van der Waals surface area contributed by atoms with Crippen LogP contribution >= 0.6 is 15.9 Å². The van der Waals surface area contributed by atoms with Crippen molar-refractivity contribution in [2.45, 2.75) is 31.9 Å². The summed E-state index contributed by atoms with van der Waals surface area (Å²) in [5, 5.41) is 3.54. The van der Waals surface area contributed by atoms with E-state index in [1.165, 1.54) is 28.4 Å². The molecule has 1 saturated heterocycles. The smallest absolute Gasteiger partial charge is 0.0716 e. The lowest BCUT2D eigenvalue weighted by atomic mass is 10.00. The first kappa shape index (κ1) is 12.1. The van der Waals surface area contributed by atoms with Crippen LogP contribution in [0, 0.1) is 0 Å². The number of nitrogens with one attached hydrogen (secondary N) is 1. The molecule has 0 amide bonds. The van der Waals surface area contributed by atoms with E-state index in [0.29, 0.717) is 12.6 Å². The highest BCUT2D eigenvalue weighted by molar-refractivity contribution is 9.10. The van der Waals surface area contributed by atoms with Gasteiger partial charge in [0.05, 0.1) is 6.61 Å². The average molecular weight is 284 g/mol. The van der Waals surface area contributed by atoms with Crippen molar-refractivity contribution in [2.75, 3.05) is 13.7 Å². The molecule has 0 spiro atoms. The molecule has 1 N–H and O–H groups in total. The normalized spacial score (nSPS) is 20.2. The molecule has 1 aliphatic rings. The molecule has 1 unspecified atom stereocenters. The van der Waals surface area contributed by atoms with Crippen LogP contribution in [0.1, 0.15) is 24.0 Å². The molecule has 0 saturated carbocycles. The molecule has 2 nitrogen and oxygen atoms in total. The molecule has 1 heterocycles. The third-order valence-electron chi connectivity index (χ3n) is 3.13. The molecule has 1 aromatic rings. The van der Waals surface area contributed by atoms with Crippen LogP contribution in [0.4, 0.5) is 0 Å². The number of ether oxygens (including phenoxy) is 1. The van der Waals surface area contributed by atoms with E-state index in [4.69, 9.17) is 4.74 Å². The van der Waals surface area contributed by atoms with Gasteiger partial charge in [0.15, 0.2) is 0 Å². The van der Waals surface area contributed by atoms with E-state index in [0.717, 1.165) is 13.0 Å². The molecular weight excluding hydrogens is 266 g/mol. The molecule has 0 aromatic heterocycles. The topological polar surface area (TPSA) is 21.3 Å². The molecular formula is C13H18BrNO. The van der Waals surface area contributed by atoms with Gasteiger partial charge >= 0.3 is 0 Å². The third-order valence-corrected chi connectivity index (χ3v) is 3.87. The predicted molar refractivity (Wildman–Crippen MR) is 69.6 cm³/mol. The summed E-state index contributed by atoms with van der Waals surface area (Å²) in [6, 6.07) is 6.97. The van der Waals surface area contributed by atoms with Gasteiger partial charge in [0.25, 0.3) is 0 Å². The number of methoxy groups -OCH3 is 1. The molecule has 1 atom stereocenters. The first-order valence-electron chi connectivity index (χ1n) is 5.80. The van der Waals surface area contributed by atoms with Crippen LogP contribution in [-0.4, -0.2) is 19.7 Å². The van der Waals surface area contributed by atoms with E-state index >= 15 is 0 Å². The maximum Gasteiger partial charge on any atom is 0.0716 e. The fourth-order valence-corrected chi connectivity index (χ4v) is 2.87. The SMILES string of the molecule is COCc1cccc(Br)c1CC1CCCN1. The second-order valence-electron chi connectivity index (χ2n) is 4.31. The van der Waals surface area contributed by atoms with Crippen molar-refractivity contribution >= 4 is 15.9 Å². The molecule has 1 fully saturated rings. The van der Waals surface area contributed by atoms with Gasteiger partial charge in [0.1, 0.15) is 0 Å². The minimum absolute atomic E-state index is 0.634. The Labute approximate surface area is 106 Å². The minimum Gasteiger partial charge on any atom is -0.380 e. The highest BCUT2D eigenvalue weighted by atomic mass is 79.9. The quantitative estimate of drug-likeness (QED) is 0.918. The average Bonchev–Trinajstić information content (AvgIpc) is 2.76. The summed E-state index contributed by atoms with van der Waals surface area (Å²) in [5.74, 6) is 0. The van der Waals surface area contributed by atoms with Gasteiger partial charge in [-0.3, -0.25) is 0 Å². The monoisotopic (exact) mass is 283 g/mol. The lowest BCUT2D eigenvalue weighted by Crippen LogP contribution is -2.24. The molecule has 0 radical (unpaired) electrons. The molecule has 16 heavy (non-hydrogen) atoms. The molecule has 0 aliphatic carbocycles. The van der Waals surface area contributed by atoms with Crippen LogP contribution < -0.4 is 5.32 Å². The minimum atomic E-state index is 0.634. The zero-order valence-electron chi connectivity index (χ0n) is 9.63. The number of rotatable bonds is 4. The zero-order valence-corrected chi connectivity index (χ0v) is 11.2. The van der Waals surface area contributed by atoms with Gasteiger partial charge in [-0.05, 0) is 43.0 Å². The molecule has 88 valence electrons. The Kier molecular flexibility index (Phi) is 4.38. The molecule has 1 aromatic carbocycles. The van der Waals surface area contributed by atoms with E-state index in [9.17, 15) is 0 Å². The summed E-state index contributed by atoms with van der Waals surface area (Å²) in [5.41, 5.74) is 2.69. The van der Waals surface area contributed by atoms with Crippen LogP contribution in [0.5, 0.6) is 0 Å². The number of hydrogen-bond acceptors (Lipinski definition) is 2. The third kappa shape index (κ3) is 2.84. The van der Waals surface area contributed by atoms with Crippen molar-refractivity contribution < 1.29 is 4.74 Å². The van der Waals surface area contributed by atoms with Crippen LogP contribution in [0.2, 0.25) is 0 Å². The summed E-state index contributed by atoms with van der Waals surface area (Å²) in [4.78, 5) is 0. The van der Waals surface area contributed by atoms with Crippen molar-refractivity contribution in [1.29, 1.82) is 0 Å². The largest absolute Gasteiger partial charge is 0.380 e. The Hall–Kier alpha value is -0.380. The summed E-state index contributed by atoms with van der Waals surface area (Å²) in [6.45, 7) is 1.86. The lowest BCUT2D eigenvalue weighted by Gasteiger charge is -2.15. The summed E-state index contributed by atoms with van der Waals surface area (Å²) < 4.78 is 6.45. The fraction of sp³-hybridized carbons (Fsp3) is 0.538. The maximum atomic E-state index is 5.25. The van der Waals surface area contributed by atoms with Crippen molar-refractivity contribution in [3.05, 3.63) is 33.8 Å². The van der Waals surface area contributed by atoms with Crippen LogP contribution in [0.25, 0.3) is 0 Å². The first-order valence-corrected chi connectivity index (χ1v) is 6.59. The number of hydrogen-bond donors (Lipinski definition) is 1. The van der Waals surface area contributed by atoms with Crippen molar-refractivity contribution in [1.82, 2.24) is 5.32 Å². The zero-order chi connectivity index (χ0) is 11.4. The molecule has 1 aliphatic heterocycles. The Morgan fingerprint density at radius 3 is 3.06 bits per heavy atom. The van der Waals surface area contributed by atoms with E-state index in [-0.39, 0.29) is 0 Å². The summed E-state index contributed by atoms with van der Waals surface area (Å²) >= 11 is 3.64. The van der Waals surface area contributed by atoms with Crippen LogP contribution in [0.3, 0.4) is 0 Å². The molecule has 3 heteroatoms. The Balaban J connectivity index is 2.16. The molecule has 2 rings (SSSR count). The highest BCUT2D eigenvalue weighted by Crippen LogP contribution is 2.24. The number of halogens is 1. The summed E-state index contributed by atoms with van der Waals surface area (Å²) in [6.07, 6.45) is 3.68. The Bertz CT molecular complexity index is 348.